The van der Waals surface area contributed by atoms with Gasteiger partial charge in [0.05, 0.1) is 34.1 Å². The molecule has 0 bridgehead atoms. The normalized spacial score (nSPS) is 12.7. The van der Waals surface area contributed by atoms with E-state index in [0.29, 0.717) is 22.2 Å². The number of hydrogen-bond donors (Lipinski definition) is 1. The molecule has 0 fully saturated rings. The summed E-state index contributed by atoms with van der Waals surface area (Å²) in [5.41, 5.74) is 3.25. The molecule has 4 aromatic rings. The summed E-state index contributed by atoms with van der Waals surface area (Å²) in [5.74, 6) is 0.277. The Bertz CT molecular complexity index is 1580. The number of rotatable bonds is 7. The number of para-hydroxylation sites is 1. The fourth-order valence-electron chi connectivity index (χ4n) is 4.13. The quantitative estimate of drug-likeness (QED) is 0.383. The van der Waals surface area contributed by atoms with E-state index in [1.54, 1.807) is 43.3 Å². The Morgan fingerprint density at radius 3 is 2.54 bits per heavy atom. The van der Waals surface area contributed by atoms with Gasteiger partial charge in [-0.1, -0.05) is 47.5 Å². The van der Waals surface area contributed by atoms with Gasteiger partial charge in [0.1, 0.15) is 5.82 Å². The molecule has 35 heavy (non-hydrogen) atoms. The van der Waals surface area contributed by atoms with E-state index in [1.165, 1.54) is 17.7 Å². The second-order valence-corrected chi connectivity index (χ2v) is 10.6. The number of halogens is 1. The van der Waals surface area contributed by atoms with Crippen LogP contribution in [-0.4, -0.2) is 25.1 Å². The summed E-state index contributed by atoms with van der Waals surface area (Å²) in [6, 6.07) is 16.5. The van der Waals surface area contributed by atoms with Crippen LogP contribution in [0.5, 0.6) is 0 Å². The van der Waals surface area contributed by atoms with E-state index in [0.717, 1.165) is 11.1 Å². The fourth-order valence-corrected chi connectivity index (χ4v) is 5.82. The number of fused-ring (bicyclic) bond motifs is 1. The molecule has 182 valence electrons. The second kappa shape index (κ2) is 9.91. The third-order valence-electron chi connectivity index (χ3n) is 5.73. The Morgan fingerprint density at radius 1 is 1.09 bits per heavy atom. The van der Waals surface area contributed by atoms with Crippen LogP contribution in [-0.2, 0) is 21.4 Å². The molecule has 1 heterocycles. The molecule has 7 nitrogen and oxygen atoms in total. The van der Waals surface area contributed by atoms with Gasteiger partial charge in [-0.15, -0.1) is 0 Å². The van der Waals surface area contributed by atoms with Gasteiger partial charge in [-0.2, -0.15) is 0 Å². The van der Waals surface area contributed by atoms with E-state index in [2.05, 4.69) is 4.72 Å². The maximum absolute atomic E-state index is 13.6. The van der Waals surface area contributed by atoms with Crippen LogP contribution in [0.3, 0.4) is 0 Å². The van der Waals surface area contributed by atoms with Crippen molar-refractivity contribution >= 4 is 32.5 Å². The van der Waals surface area contributed by atoms with Crippen molar-refractivity contribution in [2.45, 2.75) is 38.3 Å². The van der Waals surface area contributed by atoms with Gasteiger partial charge in [0, 0.05) is 12.1 Å². The molecule has 0 amide bonds. The van der Waals surface area contributed by atoms with Crippen LogP contribution in [0.4, 0.5) is 0 Å². The monoisotopic (exact) mass is 511 g/mol. The first kappa shape index (κ1) is 25.1. The van der Waals surface area contributed by atoms with Gasteiger partial charge < -0.3 is 4.74 Å². The number of ether oxygens (including phenoxy) is 1. The lowest BCUT2D eigenvalue weighted by Gasteiger charge is -2.21. The minimum atomic E-state index is -4.03. The van der Waals surface area contributed by atoms with Crippen molar-refractivity contribution in [3.8, 4) is 5.69 Å². The number of aromatic nitrogens is 2. The first-order chi connectivity index (χ1) is 16.6. The van der Waals surface area contributed by atoms with Gasteiger partial charge in [-0.3, -0.25) is 9.36 Å². The van der Waals surface area contributed by atoms with Crippen molar-refractivity contribution in [2.75, 3.05) is 7.11 Å². The first-order valence-electron chi connectivity index (χ1n) is 11.0. The molecule has 1 unspecified atom stereocenters. The lowest BCUT2D eigenvalue weighted by molar-refractivity contribution is 0.182. The first-order valence-corrected chi connectivity index (χ1v) is 12.9. The molecule has 0 radical (unpaired) electrons. The molecule has 1 N–H and O–H groups in total. The minimum Gasteiger partial charge on any atom is -0.380 e. The molecule has 0 aliphatic heterocycles. The van der Waals surface area contributed by atoms with Crippen molar-refractivity contribution in [3.63, 3.8) is 0 Å². The standard InChI is InChI=1S/C26H26ClN3O4S/c1-16-9-12-23(17(2)13-16)30-25(28-22-8-6-5-7-21(22)26(30)31)18(3)29-35(32,33)24-14-20(27)11-10-19(24)15-34-4/h5-14,18,29H,15H2,1-4H3. The molecule has 0 aliphatic carbocycles. The number of methoxy groups -OCH3 is 1. The lowest BCUT2D eigenvalue weighted by atomic mass is 10.1. The topological polar surface area (TPSA) is 90.3 Å². The molecule has 9 heteroatoms. The van der Waals surface area contributed by atoms with E-state index >= 15 is 0 Å². The van der Waals surface area contributed by atoms with Gasteiger partial charge in [-0.25, -0.2) is 18.1 Å². The summed E-state index contributed by atoms with van der Waals surface area (Å²) in [6.07, 6.45) is 0. The maximum Gasteiger partial charge on any atom is 0.266 e. The summed E-state index contributed by atoms with van der Waals surface area (Å²) >= 11 is 6.11. The van der Waals surface area contributed by atoms with Crippen LogP contribution in [0.15, 0.2) is 70.4 Å². The van der Waals surface area contributed by atoms with E-state index in [9.17, 15) is 13.2 Å². The van der Waals surface area contributed by atoms with E-state index in [-0.39, 0.29) is 27.9 Å². The molecule has 0 saturated heterocycles. The Kier molecular flexibility index (Phi) is 7.10. The largest absolute Gasteiger partial charge is 0.380 e. The number of hydrogen-bond acceptors (Lipinski definition) is 5. The highest BCUT2D eigenvalue weighted by molar-refractivity contribution is 7.89. The van der Waals surface area contributed by atoms with Crippen molar-refractivity contribution in [1.82, 2.24) is 14.3 Å². The number of nitrogens with zero attached hydrogens (tertiary/aromatic N) is 2. The van der Waals surface area contributed by atoms with E-state index < -0.39 is 16.1 Å². The number of benzene rings is 3. The Labute approximate surface area is 209 Å². The summed E-state index contributed by atoms with van der Waals surface area (Å²) in [5, 5.41) is 0.734. The van der Waals surface area contributed by atoms with Crippen LogP contribution >= 0.6 is 11.6 Å². The van der Waals surface area contributed by atoms with Gasteiger partial charge in [0.15, 0.2) is 0 Å². The molecule has 1 atom stereocenters. The Morgan fingerprint density at radius 2 is 1.83 bits per heavy atom. The summed E-state index contributed by atoms with van der Waals surface area (Å²) in [4.78, 5) is 18.4. The molecular weight excluding hydrogens is 486 g/mol. The van der Waals surface area contributed by atoms with Crippen molar-refractivity contribution in [2.24, 2.45) is 0 Å². The number of aryl methyl sites for hydroxylation is 2. The number of nitrogens with one attached hydrogen (secondary N) is 1. The Hall–Kier alpha value is -3.04. The van der Waals surface area contributed by atoms with Gasteiger partial charge in [0.25, 0.3) is 5.56 Å². The van der Waals surface area contributed by atoms with Gasteiger partial charge in [-0.05, 0) is 62.2 Å². The predicted molar refractivity (Wildman–Crippen MR) is 138 cm³/mol. The smallest absolute Gasteiger partial charge is 0.266 e. The molecule has 0 saturated carbocycles. The summed E-state index contributed by atoms with van der Waals surface area (Å²) in [7, 11) is -2.55. The highest BCUT2D eigenvalue weighted by Crippen LogP contribution is 2.25. The van der Waals surface area contributed by atoms with Crippen molar-refractivity contribution < 1.29 is 13.2 Å². The SMILES string of the molecule is COCc1ccc(Cl)cc1S(=O)(=O)NC(C)c1nc2ccccc2c(=O)n1-c1ccc(C)cc1C. The van der Waals surface area contributed by atoms with Crippen LogP contribution in [0.1, 0.15) is 35.5 Å². The van der Waals surface area contributed by atoms with E-state index in [4.69, 9.17) is 21.3 Å². The highest BCUT2D eigenvalue weighted by atomic mass is 35.5. The van der Waals surface area contributed by atoms with Crippen LogP contribution in [0.25, 0.3) is 16.6 Å². The zero-order valence-electron chi connectivity index (χ0n) is 19.9. The molecule has 4 rings (SSSR count). The van der Waals surface area contributed by atoms with Crippen molar-refractivity contribution in [3.05, 3.63) is 98.6 Å². The fraction of sp³-hybridized carbons (Fsp3) is 0.231. The van der Waals surface area contributed by atoms with Gasteiger partial charge in [0.2, 0.25) is 10.0 Å². The molecule has 3 aromatic carbocycles. The minimum absolute atomic E-state index is 0.0138. The van der Waals surface area contributed by atoms with Crippen LogP contribution < -0.4 is 10.3 Å². The molecule has 0 aliphatic rings. The van der Waals surface area contributed by atoms with Gasteiger partial charge >= 0.3 is 0 Å². The molecular formula is C26H26ClN3O4S. The average molecular weight is 512 g/mol. The third kappa shape index (κ3) is 5.01. The third-order valence-corrected chi connectivity index (χ3v) is 7.59. The zero-order chi connectivity index (χ0) is 25.3. The second-order valence-electron chi connectivity index (χ2n) is 8.45. The maximum atomic E-state index is 13.6. The Balaban J connectivity index is 1.88. The average Bonchev–Trinajstić information content (AvgIpc) is 2.80. The summed E-state index contributed by atoms with van der Waals surface area (Å²) < 4.78 is 36.2. The van der Waals surface area contributed by atoms with E-state index in [1.807, 2.05) is 32.0 Å². The number of sulfonamides is 1. The summed E-state index contributed by atoms with van der Waals surface area (Å²) in [6.45, 7) is 5.64. The van der Waals surface area contributed by atoms with Crippen LogP contribution in [0, 0.1) is 13.8 Å². The molecule has 0 spiro atoms. The lowest BCUT2D eigenvalue weighted by Crippen LogP contribution is -2.34. The predicted octanol–water partition coefficient (Wildman–Crippen LogP) is 4.84. The zero-order valence-corrected chi connectivity index (χ0v) is 21.4. The van der Waals surface area contributed by atoms with Crippen molar-refractivity contribution in [1.29, 1.82) is 0 Å². The highest BCUT2D eigenvalue weighted by Gasteiger charge is 2.26. The van der Waals surface area contributed by atoms with Crippen LogP contribution in [0.2, 0.25) is 5.02 Å². The molecule has 1 aromatic heterocycles.